The first-order valence-electron chi connectivity index (χ1n) is 16.3. The summed E-state index contributed by atoms with van der Waals surface area (Å²) in [5.74, 6) is 1.69. The smallest absolute Gasteiger partial charge is 0.306 e. The van der Waals surface area contributed by atoms with Crippen LogP contribution in [0.1, 0.15) is 39.0 Å². The summed E-state index contributed by atoms with van der Waals surface area (Å²) in [4.78, 5) is 43.9. The van der Waals surface area contributed by atoms with Crippen LogP contribution in [0.4, 0.5) is 5.82 Å². The summed E-state index contributed by atoms with van der Waals surface area (Å²) in [6.07, 6.45) is 5.04. The lowest BCUT2D eigenvalue weighted by Gasteiger charge is -2.33. The molecule has 3 aliphatic heterocycles. The number of nitrogens with two attached hydrogens (primary N) is 1. The molecule has 0 aliphatic carbocycles. The first kappa shape index (κ1) is 38.0. The van der Waals surface area contributed by atoms with Crippen molar-refractivity contribution < 1.29 is 41.5 Å². The van der Waals surface area contributed by atoms with Gasteiger partial charge in [0, 0.05) is 48.5 Å². The molecule has 1 aromatic carbocycles. The number of aryl methyl sites for hydroxylation is 1. The highest BCUT2D eigenvalue weighted by Crippen LogP contribution is 2.43. The van der Waals surface area contributed by atoms with Crippen molar-refractivity contribution in [1.29, 1.82) is 0 Å². The van der Waals surface area contributed by atoms with E-state index in [0.29, 0.717) is 73.1 Å². The monoisotopic (exact) mass is 799 g/mol. The van der Waals surface area contributed by atoms with Crippen LogP contribution in [0.15, 0.2) is 33.0 Å². The van der Waals surface area contributed by atoms with Crippen molar-refractivity contribution >= 4 is 66.7 Å². The Morgan fingerprint density at radius 3 is 2.50 bits per heavy atom. The van der Waals surface area contributed by atoms with Gasteiger partial charge >= 0.3 is 5.97 Å². The molecule has 0 spiro atoms. The number of halogens is 1. The minimum atomic E-state index is -3.67. The van der Waals surface area contributed by atoms with Gasteiger partial charge in [0.25, 0.3) is 16.0 Å². The Morgan fingerprint density at radius 2 is 1.80 bits per heavy atom. The van der Waals surface area contributed by atoms with E-state index < -0.39 is 16.2 Å². The van der Waals surface area contributed by atoms with Gasteiger partial charge in [0.15, 0.2) is 39.7 Å². The Morgan fingerprint density at radius 1 is 1.12 bits per heavy atom. The molecule has 6 rings (SSSR count). The van der Waals surface area contributed by atoms with Gasteiger partial charge in [0.1, 0.15) is 6.33 Å². The van der Waals surface area contributed by atoms with Crippen LogP contribution >= 0.6 is 27.7 Å². The van der Waals surface area contributed by atoms with Gasteiger partial charge in [-0.2, -0.15) is 8.42 Å². The highest BCUT2D eigenvalue weighted by molar-refractivity contribution is 9.10. The van der Waals surface area contributed by atoms with E-state index in [1.54, 1.807) is 6.92 Å². The molecular formula is C31H42BrN7O9S2. The van der Waals surface area contributed by atoms with Crippen molar-refractivity contribution in [3.05, 3.63) is 22.9 Å². The maximum Gasteiger partial charge on any atom is 0.306 e. The summed E-state index contributed by atoms with van der Waals surface area (Å²) in [6, 6.07) is 3.84. The Hall–Kier alpha value is -3.23. The Labute approximate surface area is 303 Å². The number of fused-ring (bicyclic) bond motifs is 2. The number of carbonyl (C=O) groups is 2. The van der Waals surface area contributed by atoms with Gasteiger partial charge in [-0.1, -0.05) is 11.8 Å². The van der Waals surface area contributed by atoms with Crippen LogP contribution in [0.25, 0.3) is 11.2 Å². The SMILES string of the molecule is CC(OC(=O)CCCN1CCOCC1)C(=O)N1CCC(CCn2c(Sc3cc4c(cc3Br)OCO4)nc3c(N)ncnc32)CC1.CS(=O)(=O)O. The van der Waals surface area contributed by atoms with Gasteiger partial charge in [0.05, 0.1) is 19.5 Å². The molecule has 1 atom stereocenters. The minimum Gasteiger partial charge on any atom is -0.454 e. The maximum absolute atomic E-state index is 13.1. The lowest BCUT2D eigenvalue weighted by Crippen LogP contribution is -2.44. The lowest BCUT2D eigenvalue weighted by atomic mass is 9.93. The molecule has 1 unspecified atom stereocenters. The fourth-order valence-corrected chi connectivity index (χ4v) is 7.39. The summed E-state index contributed by atoms with van der Waals surface area (Å²) in [6.45, 7) is 7.90. The first-order valence-corrected chi connectivity index (χ1v) is 19.8. The zero-order valence-electron chi connectivity index (χ0n) is 28.0. The quantitative estimate of drug-likeness (QED) is 0.211. The van der Waals surface area contributed by atoms with Gasteiger partial charge in [-0.05, 0) is 73.1 Å². The molecule has 19 heteroatoms. The predicted octanol–water partition coefficient (Wildman–Crippen LogP) is 3.23. The van der Waals surface area contributed by atoms with E-state index in [2.05, 4.69) is 35.4 Å². The number of anilines is 1. The number of amides is 1. The highest BCUT2D eigenvalue weighted by atomic mass is 79.9. The normalized spacial score (nSPS) is 17.3. The Balaban J connectivity index is 0.000000908. The average molecular weight is 801 g/mol. The summed E-state index contributed by atoms with van der Waals surface area (Å²) in [5, 5.41) is 0.755. The van der Waals surface area contributed by atoms with Crippen LogP contribution in [0.2, 0.25) is 0 Å². The molecule has 3 aromatic rings. The zero-order chi connectivity index (χ0) is 35.8. The van der Waals surface area contributed by atoms with E-state index in [9.17, 15) is 18.0 Å². The van der Waals surface area contributed by atoms with Crippen molar-refractivity contribution in [3.63, 3.8) is 0 Å². The molecule has 3 N–H and O–H groups in total. The van der Waals surface area contributed by atoms with E-state index in [1.807, 2.05) is 17.0 Å². The Kier molecular flexibility index (Phi) is 13.2. The number of hydrogen-bond acceptors (Lipinski definition) is 14. The molecule has 50 heavy (non-hydrogen) atoms. The molecule has 2 saturated heterocycles. The third kappa shape index (κ3) is 10.6. The van der Waals surface area contributed by atoms with Crippen LogP contribution < -0.4 is 15.2 Å². The number of rotatable bonds is 11. The number of benzene rings is 1. The summed E-state index contributed by atoms with van der Waals surface area (Å²) >= 11 is 5.14. The second-order valence-corrected chi connectivity index (χ2v) is 15.5. The molecule has 0 radical (unpaired) electrons. The summed E-state index contributed by atoms with van der Waals surface area (Å²) < 4.78 is 50.8. The number of aromatic nitrogens is 4. The number of morpholine rings is 1. The fraction of sp³-hybridized carbons (Fsp3) is 0.581. The average Bonchev–Trinajstić information content (AvgIpc) is 3.68. The number of esters is 1. The molecule has 0 saturated carbocycles. The van der Waals surface area contributed by atoms with Crippen molar-refractivity contribution in [2.75, 3.05) is 64.7 Å². The number of hydrogen-bond donors (Lipinski definition) is 2. The second kappa shape index (κ2) is 17.3. The lowest BCUT2D eigenvalue weighted by molar-refractivity contribution is -0.160. The van der Waals surface area contributed by atoms with Gasteiger partial charge in [-0.3, -0.25) is 19.0 Å². The van der Waals surface area contributed by atoms with E-state index in [1.165, 1.54) is 18.1 Å². The van der Waals surface area contributed by atoms with Crippen LogP contribution in [0.5, 0.6) is 11.5 Å². The van der Waals surface area contributed by atoms with Crippen LogP contribution in [-0.4, -0.2) is 119 Å². The largest absolute Gasteiger partial charge is 0.454 e. The number of ether oxygens (including phenoxy) is 4. The van der Waals surface area contributed by atoms with Crippen molar-refractivity contribution in [2.45, 2.75) is 61.7 Å². The minimum absolute atomic E-state index is 0.129. The van der Waals surface area contributed by atoms with Gasteiger partial charge in [0.2, 0.25) is 6.79 Å². The zero-order valence-corrected chi connectivity index (χ0v) is 31.2. The Bertz CT molecular complexity index is 1760. The van der Waals surface area contributed by atoms with Gasteiger partial charge in [-0.25, -0.2) is 15.0 Å². The molecule has 3 aliphatic rings. The molecule has 0 bridgehead atoms. The first-order chi connectivity index (χ1) is 23.9. The molecule has 16 nitrogen and oxygen atoms in total. The summed E-state index contributed by atoms with van der Waals surface area (Å²) in [7, 11) is -3.67. The highest BCUT2D eigenvalue weighted by Gasteiger charge is 2.29. The van der Waals surface area contributed by atoms with E-state index in [0.717, 1.165) is 66.6 Å². The number of nitrogen functional groups attached to an aromatic ring is 1. The van der Waals surface area contributed by atoms with Crippen molar-refractivity contribution in [1.82, 2.24) is 29.3 Å². The molecular weight excluding hydrogens is 758 g/mol. The molecule has 5 heterocycles. The van der Waals surface area contributed by atoms with E-state index in [-0.39, 0.29) is 18.7 Å². The number of likely N-dealkylation sites (tertiary alicyclic amines) is 1. The topological polar surface area (TPSA) is 202 Å². The maximum atomic E-state index is 13.1. The van der Waals surface area contributed by atoms with Crippen molar-refractivity contribution in [2.24, 2.45) is 5.92 Å². The van der Waals surface area contributed by atoms with Crippen LogP contribution in [0.3, 0.4) is 0 Å². The number of piperidine rings is 1. The fourth-order valence-electron chi connectivity index (χ4n) is 5.88. The molecule has 1 amide bonds. The molecule has 2 aromatic heterocycles. The standard InChI is InChI=1S/C30H38BrN7O6S.CH4O3S/c1-19(44-25(39)3-2-7-36-11-13-41-14-12-36)29(40)37-8-4-20(5-9-37)6-10-38-28-26(27(32)33-17-34-28)35-30(38)45-24-16-23-22(15-21(24)31)42-18-43-23;1-5(2,3)4/h15-17,19-20H,2-14,18H2,1H3,(H2,32,33,34);1H3,(H,2,3,4). The van der Waals surface area contributed by atoms with Crippen molar-refractivity contribution in [3.8, 4) is 11.5 Å². The van der Waals surface area contributed by atoms with Gasteiger partial charge in [-0.15, -0.1) is 0 Å². The third-order valence-electron chi connectivity index (χ3n) is 8.46. The van der Waals surface area contributed by atoms with E-state index in [4.69, 9.17) is 34.2 Å². The number of nitrogens with zero attached hydrogens (tertiary/aromatic N) is 6. The number of carbonyl (C=O) groups excluding carboxylic acids is 2. The van der Waals surface area contributed by atoms with Crippen LogP contribution in [0, 0.1) is 5.92 Å². The van der Waals surface area contributed by atoms with E-state index >= 15 is 0 Å². The van der Waals surface area contributed by atoms with Gasteiger partial charge < -0.3 is 34.1 Å². The number of imidazole rings is 1. The molecule has 274 valence electrons. The summed E-state index contributed by atoms with van der Waals surface area (Å²) in [5.41, 5.74) is 7.43. The van der Waals surface area contributed by atoms with Crippen LogP contribution in [-0.2, 0) is 35.7 Å². The molecule has 2 fully saturated rings. The third-order valence-corrected chi connectivity index (χ3v) is 10.4. The predicted molar refractivity (Wildman–Crippen MR) is 188 cm³/mol. The second-order valence-electron chi connectivity index (χ2n) is 12.2.